The highest BCUT2D eigenvalue weighted by Crippen LogP contribution is 2.19. The molecule has 0 aliphatic carbocycles. The van der Waals surface area contributed by atoms with Crippen molar-refractivity contribution in [3.8, 4) is 0 Å². The second-order valence-electron chi connectivity index (χ2n) is 4.98. The summed E-state index contributed by atoms with van der Waals surface area (Å²) < 4.78 is 0. The Morgan fingerprint density at radius 3 is 2.33 bits per heavy atom. The van der Waals surface area contributed by atoms with Crippen molar-refractivity contribution in [3.05, 3.63) is 72.8 Å². The molecule has 2 rings (SSSR count). The molecule has 0 aliphatic rings. The highest BCUT2D eigenvalue weighted by molar-refractivity contribution is 6.06. The van der Waals surface area contributed by atoms with E-state index in [1.54, 1.807) is 11.0 Å². The lowest BCUT2D eigenvalue weighted by atomic mass is 10.1. The minimum absolute atomic E-state index is 0.0233. The van der Waals surface area contributed by atoms with Gasteiger partial charge in [-0.25, -0.2) is 0 Å². The van der Waals surface area contributed by atoms with Gasteiger partial charge in [0.05, 0.1) is 0 Å². The Labute approximate surface area is 126 Å². The van der Waals surface area contributed by atoms with E-state index in [0.29, 0.717) is 12.1 Å². The third-order valence-electron chi connectivity index (χ3n) is 3.23. The van der Waals surface area contributed by atoms with E-state index in [9.17, 15) is 4.79 Å². The summed E-state index contributed by atoms with van der Waals surface area (Å²) in [6.45, 7) is 4.23. The van der Waals surface area contributed by atoms with Crippen molar-refractivity contribution in [2.24, 2.45) is 0 Å². The quantitative estimate of drug-likeness (QED) is 0.781. The Hall–Kier alpha value is -2.55. The fraction of sp³-hybridized carbons (Fsp3) is 0.167. The van der Waals surface area contributed by atoms with E-state index in [0.717, 1.165) is 11.4 Å². The molecule has 3 nitrogen and oxygen atoms in total. The van der Waals surface area contributed by atoms with Crippen LogP contribution in [0.2, 0.25) is 0 Å². The Balaban J connectivity index is 2.35. The average Bonchev–Trinajstić information content (AvgIpc) is 2.53. The molecule has 0 saturated heterocycles. The van der Waals surface area contributed by atoms with Gasteiger partial charge in [0.1, 0.15) is 0 Å². The molecule has 0 unspecified atom stereocenters. The van der Waals surface area contributed by atoms with E-state index in [4.69, 9.17) is 0 Å². The van der Waals surface area contributed by atoms with Crippen LogP contribution >= 0.6 is 0 Å². The lowest BCUT2D eigenvalue weighted by Crippen LogP contribution is -2.31. The van der Waals surface area contributed by atoms with Gasteiger partial charge in [0, 0.05) is 37.6 Å². The molecular formula is C18H20N2O. The van der Waals surface area contributed by atoms with Crippen molar-refractivity contribution in [1.29, 1.82) is 0 Å². The maximum atomic E-state index is 12.8. The SMILES string of the molecule is C=CCN(C(=O)c1cccc(N(C)C)c1)c1ccccc1. The van der Waals surface area contributed by atoms with E-state index >= 15 is 0 Å². The highest BCUT2D eigenvalue weighted by Gasteiger charge is 2.16. The van der Waals surface area contributed by atoms with Gasteiger partial charge in [-0.15, -0.1) is 6.58 Å². The number of hydrogen-bond donors (Lipinski definition) is 0. The average molecular weight is 280 g/mol. The summed E-state index contributed by atoms with van der Waals surface area (Å²) in [6, 6.07) is 17.3. The Morgan fingerprint density at radius 1 is 1.05 bits per heavy atom. The molecule has 0 atom stereocenters. The third kappa shape index (κ3) is 3.51. The van der Waals surface area contributed by atoms with Gasteiger partial charge in [-0.05, 0) is 30.3 Å². The summed E-state index contributed by atoms with van der Waals surface area (Å²) in [5.41, 5.74) is 2.55. The molecular weight excluding hydrogens is 260 g/mol. The number of nitrogens with zero attached hydrogens (tertiary/aromatic N) is 2. The lowest BCUT2D eigenvalue weighted by Gasteiger charge is -2.22. The number of carbonyl (C=O) groups is 1. The molecule has 0 fully saturated rings. The molecule has 0 saturated carbocycles. The van der Waals surface area contributed by atoms with Crippen LogP contribution in [0.15, 0.2) is 67.3 Å². The molecule has 1 amide bonds. The van der Waals surface area contributed by atoms with Crippen LogP contribution in [-0.2, 0) is 0 Å². The normalized spacial score (nSPS) is 10.0. The van der Waals surface area contributed by atoms with Crippen LogP contribution in [0.5, 0.6) is 0 Å². The van der Waals surface area contributed by atoms with Crippen molar-refractivity contribution in [3.63, 3.8) is 0 Å². The van der Waals surface area contributed by atoms with E-state index in [-0.39, 0.29) is 5.91 Å². The van der Waals surface area contributed by atoms with Crippen LogP contribution in [0.4, 0.5) is 11.4 Å². The van der Waals surface area contributed by atoms with Gasteiger partial charge in [0.2, 0.25) is 0 Å². The van der Waals surface area contributed by atoms with E-state index in [1.165, 1.54) is 0 Å². The van der Waals surface area contributed by atoms with Crippen molar-refractivity contribution in [2.75, 3.05) is 30.4 Å². The molecule has 0 spiro atoms. The van der Waals surface area contributed by atoms with Gasteiger partial charge in [0.15, 0.2) is 0 Å². The fourth-order valence-corrected chi connectivity index (χ4v) is 2.12. The van der Waals surface area contributed by atoms with Crippen molar-refractivity contribution in [2.45, 2.75) is 0 Å². The highest BCUT2D eigenvalue weighted by atomic mass is 16.2. The number of anilines is 2. The number of amides is 1. The first-order chi connectivity index (χ1) is 10.1. The smallest absolute Gasteiger partial charge is 0.258 e. The van der Waals surface area contributed by atoms with Crippen molar-refractivity contribution < 1.29 is 4.79 Å². The third-order valence-corrected chi connectivity index (χ3v) is 3.23. The Bertz CT molecular complexity index is 620. The van der Waals surface area contributed by atoms with Gasteiger partial charge in [-0.2, -0.15) is 0 Å². The predicted molar refractivity (Wildman–Crippen MR) is 89.1 cm³/mol. The van der Waals surface area contributed by atoms with Crippen LogP contribution in [0.3, 0.4) is 0 Å². The largest absolute Gasteiger partial charge is 0.378 e. The second-order valence-corrected chi connectivity index (χ2v) is 4.98. The second kappa shape index (κ2) is 6.75. The fourth-order valence-electron chi connectivity index (χ4n) is 2.12. The zero-order valence-corrected chi connectivity index (χ0v) is 12.5. The molecule has 21 heavy (non-hydrogen) atoms. The summed E-state index contributed by atoms with van der Waals surface area (Å²) >= 11 is 0. The number of para-hydroxylation sites is 1. The van der Waals surface area contributed by atoms with Gasteiger partial charge in [-0.3, -0.25) is 4.79 Å². The molecule has 108 valence electrons. The van der Waals surface area contributed by atoms with Gasteiger partial charge in [0.25, 0.3) is 5.91 Å². The number of benzene rings is 2. The van der Waals surface area contributed by atoms with Crippen molar-refractivity contribution >= 4 is 17.3 Å². The summed E-state index contributed by atoms with van der Waals surface area (Å²) in [5.74, 6) is -0.0233. The van der Waals surface area contributed by atoms with Crippen LogP contribution in [0.1, 0.15) is 10.4 Å². The van der Waals surface area contributed by atoms with Gasteiger partial charge >= 0.3 is 0 Å². The monoisotopic (exact) mass is 280 g/mol. The first-order valence-corrected chi connectivity index (χ1v) is 6.88. The minimum Gasteiger partial charge on any atom is -0.378 e. The summed E-state index contributed by atoms with van der Waals surface area (Å²) in [5, 5.41) is 0. The van der Waals surface area contributed by atoms with Crippen LogP contribution < -0.4 is 9.80 Å². The van der Waals surface area contributed by atoms with Crippen LogP contribution in [-0.4, -0.2) is 26.5 Å². The summed E-state index contributed by atoms with van der Waals surface area (Å²) in [4.78, 5) is 16.5. The van der Waals surface area contributed by atoms with Crippen molar-refractivity contribution in [1.82, 2.24) is 0 Å². The molecule has 0 heterocycles. The molecule has 2 aromatic rings. The number of hydrogen-bond acceptors (Lipinski definition) is 2. The molecule has 0 radical (unpaired) electrons. The zero-order chi connectivity index (χ0) is 15.2. The standard InChI is InChI=1S/C18H20N2O/c1-4-13-20(16-10-6-5-7-11-16)18(21)15-9-8-12-17(14-15)19(2)3/h4-12,14H,1,13H2,2-3H3. The molecule has 0 N–H and O–H groups in total. The minimum atomic E-state index is -0.0233. The summed E-state index contributed by atoms with van der Waals surface area (Å²) in [7, 11) is 3.92. The first kappa shape index (κ1) is 14.9. The van der Waals surface area contributed by atoms with Crippen LogP contribution in [0, 0.1) is 0 Å². The maximum Gasteiger partial charge on any atom is 0.258 e. The van der Waals surface area contributed by atoms with E-state index < -0.39 is 0 Å². The number of rotatable bonds is 5. The summed E-state index contributed by atoms with van der Waals surface area (Å²) in [6.07, 6.45) is 1.74. The van der Waals surface area contributed by atoms with Crippen LogP contribution in [0.25, 0.3) is 0 Å². The molecule has 0 aliphatic heterocycles. The molecule has 0 aromatic heterocycles. The topological polar surface area (TPSA) is 23.6 Å². The zero-order valence-electron chi connectivity index (χ0n) is 12.5. The van der Waals surface area contributed by atoms with E-state index in [1.807, 2.05) is 73.6 Å². The Morgan fingerprint density at radius 2 is 1.71 bits per heavy atom. The predicted octanol–water partition coefficient (Wildman–Crippen LogP) is 3.59. The van der Waals surface area contributed by atoms with Gasteiger partial charge < -0.3 is 9.80 Å². The lowest BCUT2D eigenvalue weighted by molar-refractivity contribution is 0.0990. The molecule has 3 heteroatoms. The molecule has 0 bridgehead atoms. The Kier molecular flexibility index (Phi) is 4.77. The number of carbonyl (C=O) groups excluding carboxylic acids is 1. The first-order valence-electron chi connectivity index (χ1n) is 6.88. The van der Waals surface area contributed by atoms with E-state index in [2.05, 4.69) is 6.58 Å². The van der Waals surface area contributed by atoms with Gasteiger partial charge in [-0.1, -0.05) is 30.3 Å². The molecule has 2 aromatic carbocycles. The maximum absolute atomic E-state index is 12.8.